The molecule has 1 unspecified atom stereocenters. The monoisotopic (exact) mass is 389 g/mol. The number of aromatic nitrogens is 1. The lowest BCUT2D eigenvalue weighted by Gasteiger charge is -2.26. The summed E-state index contributed by atoms with van der Waals surface area (Å²) in [6, 6.07) is 18.6. The molecular weight excluding hydrogens is 362 g/mol. The van der Waals surface area contributed by atoms with Gasteiger partial charge in [0, 0.05) is 56.4 Å². The Morgan fingerprint density at radius 1 is 1.14 bits per heavy atom. The second kappa shape index (κ2) is 8.82. The van der Waals surface area contributed by atoms with Gasteiger partial charge in [-0.2, -0.15) is 0 Å². The maximum absolute atomic E-state index is 12.0. The van der Waals surface area contributed by atoms with Crippen LogP contribution in [0.3, 0.4) is 0 Å². The van der Waals surface area contributed by atoms with Crippen LogP contribution in [0.15, 0.2) is 65.8 Å². The summed E-state index contributed by atoms with van der Waals surface area (Å²) in [6.07, 6.45) is 3.62. The van der Waals surface area contributed by atoms with Gasteiger partial charge in [0.1, 0.15) is 0 Å². The smallest absolute Gasteiger partial charge is 0.225 e. The number of carbonyl (C=O) groups is 1. The summed E-state index contributed by atoms with van der Waals surface area (Å²) in [5.41, 5.74) is 3.36. The van der Waals surface area contributed by atoms with Gasteiger partial charge in [0.25, 0.3) is 0 Å². The first-order valence-corrected chi connectivity index (χ1v) is 10.1. The van der Waals surface area contributed by atoms with Crippen molar-refractivity contribution in [3.63, 3.8) is 0 Å². The lowest BCUT2D eigenvalue weighted by molar-refractivity contribution is -0.116. The Hall–Kier alpha value is -3.28. The molecule has 4 rings (SSSR count). The summed E-state index contributed by atoms with van der Waals surface area (Å²) in [4.78, 5) is 16.3. The molecule has 0 fully saturated rings. The first-order valence-electron chi connectivity index (χ1n) is 10.1. The molecule has 29 heavy (non-hydrogen) atoms. The zero-order valence-corrected chi connectivity index (χ0v) is 16.7. The number of amides is 1. The first-order chi connectivity index (χ1) is 14.2. The molecule has 1 aliphatic rings. The molecule has 2 aromatic carbocycles. The van der Waals surface area contributed by atoms with Crippen molar-refractivity contribution in [1.29, 1.82) is 0 Å². The average molecular weight is 390 g/mol. The Balaban J connectivity index is 1.27. The average Bonchev–Trinajstić information content (AvgIpc) is 3.16. The third-order valence-corrected chi connectivity index (χ3v) is 5.39. The molecular formula is C23H27N5O. The maximum atomic E-state index is 12.0. The van der Waals surface area contributed by atoms with Crippen molar-refractivity contribution in [2.75, 3.05) is 25.5 Å². The predicted octanol–water partition coefficient (Wildman–Crippen LogP) is 3.32. The molecule has 0 aliphatic carbocycles. The molecule has 1 aliphatic heterocycles. The van der Waals surface area contributed by atoms with E-state index in [1.165, 1.54) is 16.5 Å². The quantitative estimate of drug-likeness (QED) is 0.344. The zero-order chi connectivity index (χ0) is 20.1. The number of guanidine groups is 1. The van der Waals surface area contributed by atoms with Crippen LogP contribution < -0.4 is 16.0 Å². The van der Waals surface area contributed by atoms with Crippen LogP contribution in [-0.4, -0.2) is 36.6 Å². The largest absolute Gasteiger partial charge is 0.356 e. The SMILES string of the molecule is CN=C(NCCCn1ccc2ccccc21)NCC1CC(=O)Nc2ccccc21. The standard InChI is InChI=1S/C23H27N5O/c1-24-23(25-12-6-13-28-14-11-17-7-2-5-10-21(17)28)26-16-18-15-22(29)27-20-9-4-3-8-19(18)20/h2-5,7-11,14,18H,6,12-13,15-16H2,1H3,(H,27,29)(H2,24,25,26). The highest BCUT2D eigenvalue weighted by Gasteiger charge is 2.24. The molecule has 0 spiro atoms. The van der Waals surface area contributed by atoms with E-state index in [4.69, 9.17) is 0 Å². The molecule has 3 N–H and O–H groups in total. The third kappa shape index (κ3) is 4.42. The highest BCUT2D eigenvalue weighted by Crippen LogP contribution is 2.31. The van der Waals surface area contributed by atoms with Gasteiger partial charge in [0.15, 0.2) is 5.96 Å². The molecule has 0 saturated carbocycles. The molecule has 1 aromatic heterocycles. The lowest BCUT2D eigenvalue weighted by Crippen LogP contribution is -2.41. The van der Waals surface area contributed by atoms with Crippen LogP contribution in [0.4, 0.5) is 5.69 Å². The fourth-order valence-corrected chi connectivity index (χ4v) is 3.92. The Morgan fingerprint density at radius 2 is 1.97 bits per heavy atom. The lowest BCUT2D eigenvalue weighted by atomic mass is 9.90. The summed E-state index contributed by atoms with van der Waals surface area (Å²) in [5, 5.41) is 11.0. The Bertz CT molecular complexity index is 1020. The van der Waals surface area contributed by atoms with E-state index in [1.54, 1.807) is 7.05 Å². The number of anilines is 1. The second-order valence-electron chi connectivity index (χ2n) is 7.34. The maximum Gasteiger partial charge on any atom is 0.225 e. The Morgan fingerprint density at radius 3 is 2.86 bits per heavy atom. The Kier molecular flexibility index (Phi) is 5.79. The molecule has 1 atom stereocenters. The van der Waals surface area contributed by atoms with Crippen molar-refractivity contribution in [3.05, 3.63) is 66.4 Å². The number of nitrogens with zero attached hydrogens (tertiary/aromatic N) is 2. The molecule has 1 amide bonds. The van der Waals surface area contributed by atoms with Gasteiger partial charge >= 0.3 is 0 Å². The van der Waals surface area contributed by atoms with E-state index in [0.717, 1.165) is 31.2 Å². The highest BCUT2D eigenvalue weighted by atomic mass is 16.1. The van der Waals surface area contributed by atoms with Crippen LogP contribution >= 0.6 is 0 Å². The van der Waals surface area contributed by atoms with E-state index in [-0.39, 0.29) is 11.8 Å². The summed E-state index contributed by atoms with van der Waals surface area (Å²) in [5.74, 6) is 0.980. The van der Waals surface area contributed by atoms with Crippen molar-refractivity contribution in [2.24, 2.45) is 4.99 Å². The van der Waals surface area contributed by atoms with Crippen molar-refractivity contribution in [3.8, 4) is 0 Å². The third-order valence-electron chi connectivity index (χ3n) is 5.39. The number of rotatable bonds is 6. The minimum absolute atomic E-state index is 0.0670. The van der Waals surface area contributed by atoms with Crippen LogP contribution in [0.1, 0.15) is 24.3 Å². The first kappa shape index (κ1) is 19.1. The molecule has 0 saturated heterocycles. The number of hydrogen-bond acceptors (Lipinski definition) is 2. The summed E-state index contributed by atoms with van der Waals surface area (Å²) in [6.45, 7) is 2.45. The predicted molar refractivity (Wildman–Crippen MR) is 118 cm³/mol. The number of para-hydroxylation sites is 2. The van der Waals surface area contributed by atoms with Crippen LogP contribution in [0.5, 0.6) is 0 Å². The summed E-state index contributed by atoms with van der Waals surface area (Å²) >= 11 is 0. The van der Waals surface area contributed by atoms with Crippen LogP contribution in [-0.2, 0) is 11.3 Å². The normalized spacial score (nSPS) is 16.4. The minimum atomic E-state index is 0.0670. The number of hydrogen-bond donors (Lipinski definition) is 3. The molecule has 6 heteroatoms. The van der Waals surface area contributed by atoms with E-state index in [1.807, 2.05) is 18.2 Å². The summed E-state index contributed by atoms with van der Waals surface area (Å²) in [7, 11) is 1.77. The van der Waals surface area contributed by atoms with Crippen molar-refractivity contribution < 1.29 is 4.79 Å². The number of aliphatic imine (C=N–C) groups is 1. The zero-order valence-electron chi connectivity index (χ0n) is 16.7. The fraction of sp³-hybridized carbons (Fsp3) is 0.304. The molecule has 0 radical (unpaired) electrons. The topological polar surface area (TPSA) is 70.5 Å². The van der Waals surface area contributed by atoms with Crippen molar-refractivity contribution in [1.82, 2.24) is 15.2 Å². The molecule has 150 valence electrons. The highest BCUT2D eigenvalue weighted by molar-refractivity contribution is 5.94. The number of benzene rings is 2. The van der Waals surface area contributed by atoms with Crippen molar-refractivity contribution >= 4 is 28.5 Å². The number of nitrogens with one attached hydrogen (secondary N) is 3. The van der Waals surface area contributed by atoms with Gasteiger partial charge in [-0.05, 0) is 35.6 Å². The number of carbonyl (C=O) groups excluding carboxylic acids is 1. The van der Waals surface area contributed by atoms with Crippen LogP contribution in [0, 0.1) is 0 Å². The number of aryl methyl sites for hydroxylation is 1. The van der Waals surface area contributed by atoms with Gasteiger partial charge in [-0.3, -0.25) is 9.79 Å². The van der Waals surface area contributed by atoms with Gasteiger partial charge in [0.05, 0.1) is 0 Å². The second-order valence-corrected chi connectivity index (χ2v) is 7.34. The van der Waals surface area contributed by atoms with E-state index < -0.39 is 0 Å². The van der Waals surface area contributed by atoms with Crippen molar-refractivity contribution in [2.45, 2.75) is 25.3 Å². The molecule has 3 aromatic rings. The molecule has 2 heterocycles. The fourth-order valence-electron chi connectivity index (χ4n) is 3.92. The molecule has 0 bridgehead atoms. The molecule has 6 nitrogen and oxygen atoms in total. The Labute approximate surface area is 171 Å². The van der Waals surface area contributed by atoms with E-state index >= 15 is 0 Å². The van der Waals surface area contributed by atoms with E-state index in [2.05, 4.69) is 68.1 Å². The van der Waals surface area contributed by atoms with Gasteiger partial charge in [-0.15, -0.1) is 0 Å². The van der Waals surface area contributed by atoms with E-state index in [0.29, 0.717) is 13.0 Å². The minimum Gasteiger partial charge on any atom is -0.356 e. The summed E-state index contributed by atoms with van der Waals surface area (Å²) < 4.78 is 2.28. The number of fused-ring (bicyclic) bond motifs is 2. The van der Waals surface area contributed by atoms with Gasteiger partial charge in [-0.1, -0.05) is 36.4 Å². The van der Waals surface area contributed by atoms with Gasteiger partial charge in [0.2, 0.25) is 5.91 Å². The van der Waals surface area contributed by atoms with E-state index in [9.17, 15) is 4.79 Å². The van der Waals surface area contributed by atoms with Crippen LogP contribution in [0.2, 0.25) is 0 Å². The van der Waals surface area contributed by atoms with Gasteiger partial charge in [-0.25, -0.2) is 0 Å². The van der Waals surface area contributed by atoms with Crippen LogP contribution in [0.25, 0.3) is 10.9 Å². The van der Waals surface area contributed by atoms with Gasteiger partial charge < -0.3 is 20.5 Å².